The highest BCUT2D eigenvalue weighted by Gasteiger charge is 2.17. The molecule has 0 saturated carbocycles. The van der Waals surface area contributed by atoms with Crippen molar-refractivity contribution in [2.75, 3.05) is 0 Å². The van der Waals surface area contributed by atoms with Crippen LogP contribution in [-0.4, -0.2) is 9.55 Å². The summed E-state index contributed by atoms with van der Waals surface area (Å²) >= 11 is 0. The van der Waals surface area contributed by atoms with Crippen molar-refractivity contribution in [2.24, 2.45) is 11.1 Å². The van der Waals surface area contributed by atoms with Gasteiger partial charge in [0.15, 0.2) is 0 Å². The first-order valence-corrected chi connectivity index (χ1v) is 8.11. The van der Waals surface area contributed by atoms with Gasteiger partial charge in [-0.05, 0) is 29.2 Å². The molecule has 2 N–H and O–H groups in total. The standard InChI is InChI=1S/C20H22N4/c1-20(2,3)13-24-12-15(11-22)17-8-9-18(23-19(17)24)16-7-5-4-6-14(16)10-21/h4-9,12H,11,13,22H2,1-3H3. The van der Waals surface area contributed by atoms with Crippen LogP contribution in [0.4, 0.5) is 0 Å². The molecule has 0 aliphatic heterocycles. The first-order chi connectivity index (χ1) is 11.4. The minimum absolute atomic E-state index is 0.139. The van der Waals surface area contributed by atoms with Crippen molar-refractivity contribution >= 4 is 11.0 Å². The molecule has 0 radical (unpaired) electrons. The molecule has 122 valence electrons. The van der Waals surface area contributed by atoms with Gasteiger partial charge in [-0.3, -0.25) is 0 Å². The molecule has 24 heavy (non-hydrogen) atoms. The minimum atomic E-state index is 0.139. The molecule has 0 saturated heterocycles. The molecule has 0 fully saturated rings. The molecule has 4 nitrogen and oxygen atoms in total. The lowest BCUT2D eigenvalue weighted by atomic mass is 9.97. The Morgan fingerprint density at radius 2 is 1.92 bits per heavy atom. The zero-order chi connectivity index (χ0) is 17.3. The first kappa shape index (κ1) is 16.2. The maximum Gasteiger partial charge on any atom is 0.140 e. The monoisotopic (exact) mass is 318 g/mol. The van der Waals surface area contributed by atoms with Gasteiger partial charge in [0.2, 0.25) is 0 Å². The van der Waals surface area contributed by atoms with Crippen LogP contribution in [0, 0.1) is 16.7 Å². The summed E-state index contributed by atoms with van der Waals surface area (Å²) in [6, 6.07) is 13.8. The molecule has 2 aromatic heterocycles. The Labute approximate surface area is 142 Å². The number of nitriles is 1. The summed E-state index contributed by atoms with van der Waals surface area (Å²) in [7, 11) is 0. The van der Waals surface area contributed by atoms with Gasteiger partial charge in [0.05, 0.1) is 17.3 Å². The summed E-state index contributed by atoms with van der Waals surface area (Å²) in [4.78, 5) is 4.86. The van der Waals surface area contributed by atoms with E-state index in [9.17, 15) is 5.26 Å². The van der Waals surface area contributed by atoms with Gasteiger partial charge < -0.3 is 10.3 Å². The van der Waals surface area contributed by atoms with Crippen molar-refractivity contribution in [3.05, 3.63) is 53.7 Å². The van der Waals surface area contributed by atoms with E-state index in [2.05, 4.69) is 43.7 Å². The Morgan fingerprint density at radius 1 is 1.17 bits per heavy atom. The Bertz CT molecular complexity index is 923. The van der Waals surface area contributed by atoms with Crippen LogP contribution < -0.4 is 5.73 Å². The summed E-state index contributed by atoms with van der Waals surface area (Å²) in [5.41, 5.74) is 10.4. The molecular weight excluding hydrogens is 296 g/mol. The van der Waals surface area contributed by atoms with Crippen LogP contribution in [0.5, 0.6) is 0 Å². The fraction of sp³-hybridized carbons (Fsp3) is 0.300. The van der Waals surface area contributed by atoms with Crippen molar-refractivity contribution in [1.82, 2.24) is 9.55 Å². The lowest BCUT2D eigenvalue weighted by Gasteiger charge is -2.19. The van der Waals surface area contributed by atoms with E-state index in [0.717, 1.165) is 34.4 Å². The summed E-state index contributed by atoms with van der Waals surface area (Å²) < 4.78 is 2.18. The van der Waals surface area contributed by atoms with Crippen LogP contribution in [0.1, 0.15) is 31.9 Å². The van der Waals surface area contributed by atoms with Gasteiger partial charge in [-0.15, -0.1) is 0 Å². The molecule has 0 unspecified atom stereocenters. The predicted octanol–water partition coefficient (Wildman–Crippen LogP) is 4.08. The fourth-order valence-corrected chi connectivity index (χ4v) is 2.98. The third kappa shape index (κ3) is 3.04. The molecule has 3 aromatic rings. The Balaban J connectivity index is 2.20. The van der Waals surface area contributed by atoms with E-state index in [1.54, 1.807) is 0 Å². The molecule has 0 atom stereocenters. The van der Waals surface area contributed by atoms with Crippen LogP contribution in [-0.2, 0) is 13.1 Å². The van der Waals surface area contributed by atoms with Crippen molar-refractivity contribution in [3.63, 3.8) is 0 Å². The number of aromatic nitrogens is 2. The summed E-state index contributed by atoms with van der Waals surface area (Å²) in [5, 5.41) is 10.4. The van der Waals surface area contributed by atoms with Crippen LogP contribution in [0.3, 0.4) is 0 Å². The summed E-state index contributed by atoms with van der Waals surface area (Å²) in [6.45, 7) is 7.96. The maximum absolute atomic E-state index is 9.34. The molecule has 3 rings (SSSR count). The average Bonchev–Trinajstić information content (AvgIpc) is 2.90. The van der Waals surface area contributed by atoms with Crippen LogP contribution >= 0.6 is 0 Å². The zero-order valence-corrected chi connectivity index (χ0v) is 14.4. The predicted molar refractivity (Wildman–Crippen MR) is 97.2 cm³/mol. The third-order valence-corrected chi connectivity index (χ3v) is 3.99. The van der Waals surface area contributed by atoms with Crippen molar-refractivity contribution in [1.29, 1.82) is 5.26 Å². The molecule has 2 heterocycles. The second kappa shape index (κ2) is 6.10. The lowest BCUT2D eigenvalue weighted by molar-refractivity contribution is 0.348. The quantitative estimate of drug-likeness (QED) is 0.791. The number of fused-ring (bicyclic) bond motifs is 1. The second-order valence-corrected chi connectivity index (χ2v) is 7.27. The van der Waals surface area contributed by atoms with Crippen LogP contribution in [0.15, 0.2) is 42.6 Å². The van der Waals surface area contributed by atoms with Gasteiger partial charge in [0, 0.05) is 30.2 Å². The molecular formula is C20H22N4. The van der Waals surface area contributed by atoms with Gasteiger partial charge >= 0.3 is 0 Å². The SMILES string of the molecule is CC(C)(C)Cn1cc(CN)c2ccc(-c3ccccc3C#N)nc21. The van der Waals surface area contributed by atoms with Gasteiger partial charge in [-0.1, -0.05) is 39.0 Å². The van der Waals surface area contributed by atoms with Crippen LogP contribution in [0.25, 0.3) is 22.3 Å². The second-order valence-electron chi connectivity index (χ2n) is 7.27. The summed E-state index contributed by atoms with van der Waals surface area (Å²) in [6.07, 6.45) is 2.10. The number of nitrogens with zero attached hydrogens (tertiary/aromatic N) is 3. The van der Waals surface area contributed by atoms with E-state index in [1.807, 2.05) is 30.3 Å². The number of nitrogens with two attached hydrogens (primary N) is 1. The number of benzene rings is 1. The number of pyridine rings is 1. The highest BCUT2D eigenvalue weighted by atomic mass is 15.0. The molecule has 0 aliphatic rings. The van der Waals surface area contributed by atoms with Crippen molar-refractivity contribution < 1.29 is 0 Å². The van der Waals surface area contributed by atoms with Gasteiger partial charge in [0.25, 0.3) is 0 Å². The first-order valence-electron chi connectivity index (χ1n) is 8.11. The summed E-state index contributed by atoms with van der Waals surface area (Å²) in [5.74, 6) is 0. The molecule has 1 aromatic carbocycles. The highest BCUT2D eigenvalue weighted by molar-refractivity contribution is 5.84. The highest BCUT2D eigenvalue weighted by Crippen LogP contribution is 2.28. The maximum atomic E-state index is 9.34. The van der Waals surface area contributed by atoms with E-state index in [4.69, 9.17) is 10.7 Å². The number of hydrogen-bond acceptors (Lipinski definition) is 3. The van der Waals surface area contributed by atoms with Gasteiger partial charge in [-0.25, -0.2) is 4.98 Å². The van der Waals surface area contributed by atoms with Crippen molar-refractivity contribution in [2.45, 2.75) is 33.9 Å². The smallest absolute Gasteiger partial charge is 0.140 e. The van der Waals surface area contributed by atoms with E-state index >= 15 is 0 Å². The van der Waals surface area contributed by atoms with E-state index in [-0.39, 0.29) is 5.41 Å². The Kier molecular flexibility index (Phi) is 4.13. The normalized spacial score (nSPS) is 11.6. The largest absolute Gasteiger partial charge is 0.332 e. The Hall–Kier alpha value is -2.64. The van der Waals surface area contributed by atoms with E-state index in [1.165, 1.54) is 0 Å². The van der Waals surface area contributed by atoms with Crippen molar-refractivity contribution in [3.8, 4) is 17.3 Å². The minimum Gasteiger partial charge on any atom is -0.332 e. The Morgan fingerprint density at radius 3 is 2.58 bits per heavy atom. The van der Waals surface area contributed by atoms with Gasteiger partial charge in [0.1, 0.15) is 5.65 Å². The number of hydrogen-bond donors (Lipinski definition) is 1. The fourth-order valence-electron chi connectivity index (χ4n) is 2.98. The van der Waals surface area contributed by atoms with Crippen LogP contribution in [0.2, 0.25) is 0 Å². The third-order valence-electron chi connectivity index (χ3n) is 3.99. The van der Waals surface area contributed by atoms with E-state index < -0.39 is 0 Å². The zero-order valence-electron chi connectivity index (χ0n) is 14.4. The molecule has 0 amide bonds. The topological polar surface area (TPSA) is 67.6 Å². The lowest BCUT2D eigenvalue weighted by Crippen LogP contribution is -2.15. The van der Waals surface area contributed by atoms with Gasteiger partial charge in [-0.2, -0.15) is 5.26 Å². The number of rotatable bonds is 3. The average molecular weight is 318 g/mol. The molecule has 4 heteroatoms. The molecule has 0 spiro atoms. The molecule has 0 aliphatic carbocycles. The van der Waals surface area contributed by atoms with E-state index in [0.29, 0.717) is 12.1 Å². The molecule has 0 bridgehead atoms.